The number of ether oxygens (including phenoxy) is 2. The summed E-state index contributed by atoms with van der Waals surface area (Å²) in [4.78, 5) is 21.7. The van der Waals surface area contributed by atoms with E-state index in [1.165, 1.54) is 26.4 Å². The molecular weight excluding hydrogens is 256 g/mol. The Kier molecular flexibility index (Phi) is 4.57. The Morgan fingerprint density at radius 3 is 1.84 bits per heavy atom. The Hall–Kier alpha value is -2.44. The van der Waals surface area contributed by atoms with Crippen molar-refractivity contribution in [1.29, 1.82) is 0 Å². The summed E-state index contributed by atoms with van der Waals surface area (Å²) in [5.41, 5.74) is 0.376. The number of hydrogen-bond donors (Lipinski definition) is 3. The van der Waals surface area contributed by atoms with E-state index >= 15 is 0 Å². The first-order valence-corrected chi connectivity index (χ1v) is 5.30. The molecule has 3 N–H and O–H groups in total. The number of carboxylic acid groups (broad SMARTS) is 2. The van der Waals surface area contributed by atoms with E-state index in [1.807, 2.05) is 0 Å². The van der Waals surface area contributed by atoms with E-state index in [-0.39, 0.29) is 23.7 Å². The summed E-state index contributed by atoms with van der Waals surface area (Å²) in [6.45, 7) is 0. The molecule has 104 valence electrons. The van der Waals surface area contributed by atoms with Gasteiger partial charge in [0.05, 0.1) is 14.2 Å². The fraction of sp³-hybridized carbons (Fsp3) is 0.333. The molecule has 1 aromatic rings. The fourth-order valence-corrected chi connectivity index (χ4v) is 1.58. The maximum Gasteiger partial charge on any atom is 0.318 e. The van der Waals surface area contributed by atoms with Gasteiger partial charge in [-0.05, 0) is 24.1 Å². The zero-order chi connectivity index (χ0) is 14.6. The van der Waals surface area contributed by atoms with Crippen LogP contribution in [0, 0.1) is 5.92 Å². The summed E-state index contributed by atoms with van der Waals surface area (Å²) >= 11 is 0. The normalized spacial score (nSPS) is 10.3. The third-order valence-corrected chi connectivity index (χ3v) is 2.58. The third kappa shape index (κ3) is 3.27. The molecule has 7 nitrogen and oxygen atoms in total. The van der Waals surface area contributed by atoms with E-state index in [1.54, 1.807) is 0 Å². The smallest absolute Gasteiger partial charge is 0.318 e. The average molecular weight is 270 g/mol. The number of methoxy groups -OCH3 is 2. The molecule has 0 saturated heterocycles. The van der Waals surface area contributed by atoms with Crippen LogP contribution in [0.15, 0.2) is 12.1 Å². The van der Waals surface area contributed by atoms with E-state index in [9.17, 15) is 14.7 Å². The van der Waals surface area contributed by atoms with Crippen molar-refractivity contribution < 1.29 is 34.4 Å². The summed E-state index contributed by atoms with van der Waals surface area (Å²) in [6, 6.07) is 2.74. The van der Waals surface area contributed by atoms with Crippen LogP contribution in [0.3, 0.4) is 0 Å². The van der Waals surface area contributed by atoms with E-state index in [0.29, 0.717) is 5.56 Å². The molecule has 0 aromatic heterocycles. The van der Waals surface area contributed by atoms with Gasteiger partial charge < -0.3 is 24.8 Å². The lowest BCUT2D eigenvalue weighted by atomic mass is 9.99. The van der Waals surface area contributed by atoms with Gasteiger partial charge in [-0.1, -0.05) is 0 Å². The molecule has 0 unspecified atom stereocenters. The topological polar surface area (TPSA) is 113 Å². The molecular formula is C12H14O7. The van der Waals surface area contributed by atoms with Crippen LogP contribution in [0.25, 0.3) is 0 Å². The first kappa shape index (κ1) is 14.6. The first-order chi connectivity index (χ1) is 8.90. The second-order valence-electron chi connectivity index (χ2n) is 3.78. The summed E-state index contributed by atoms with van der Waals surface area (Å²) in [7, 11) is 2.65. The van der Waals surface area contributed by atoms with Crippen LogP contribution >= 0.6 is 0 Å². The Labute approximate surface area is 109 Å². The van der Waals surface area contributed by atoms with Crippen LogP contribution in [0.4, 0.5) is 0 Å². The van der Waals surface area contributed by atoms with Crippen molar-refractivity contribution in [2.45, 2.75) is 6.42 Å². The number of benzene rings is 1. The van der Waals surface area contributed by atoms with Gasteiger partial charge >= 0.3 is 11.9 Å². The number of rotatable bonds is 6. The van der Waals surface area contributed by atoms with Gasteiger partial charge in [0, 0.05) is 0 Å². The minimum Gasteiger partial charge on any atom is -0.502 e. The quantitative estimate of drug-likeness (QED) is 0.653. The molecule has 0 bridgehead atoms. The summed E-state index contributed by atoms with van der Waals surface area (Å²) in [6.07, 6.45) is -0.238. The molecule has 0 fully saturated rings. The molecule has 0 heterocycles. The molecule has 0 radical (unpaired) electrons. The average Bonchev–Trinajstić information content (AvgIpc) is 2.36. The number of carbonyl (C=O) groups is 2. The molecule has 0 atom stereocenters. The molecule has 0 saturated carbocycles. The number of phenols is 1. The van der Waals surface area contributed by atoms with E-state index in [4.69, 9.17) is 19.7 Å². The lowest BCUT2D eigenvalue weighted by Crippen LogP contribution is -2.25. The van der Waals surface area contributed by atoms with Crippen molar-refractivity contribution in [3.8, 4) is 17.2 Å². The van der Waals surface area contributed by atoms with Crippen molar-refractivity contribution >= 4 is 11.9 Å². The summed E-state index contributed by atoms with van der Waals surface area (Å²) < 4.78 is 9.81. The lowest BCUT2D eigenvalue weighted by molar-refractivity contribution is -0.154. The summed E-state index contributed by atoms with van der Waals surface area (Å²) in [5, 5.41) is 27.3. The molecule has 0 amide bonds. The van der Waals surface area contributed by atoms with Crippen molar-refractivity contribution in [2.75, 3.05) is 14.2 Å². The van der Waals surface area contributed by atoms with E-state index in [2.05, 4.69) is 0 Å². The van der Waals surface area contributed by atoms with Crippen LogP contribution < -0.4 is 9.47 Å². The Morgan fingerprint density at radius 1 is 1.11 bits per heavy atom. The number of hydrogen-bond acceptors (Lipinski definition) is 5. The van der Waals surface area contributed by atoms with Gasteiger partial charge in [-0.2, -0.15) is 0 Å². The van der Waals surface area contributed by atoms with Crippen molar-refractivity contribution in [2.24, 2.45) is 5.92 Å². The number of aliphatic carboxylic acids is 2. The molecule has 0 spiro atoms. The van der Waals surface area contributed by atoms with Crippen molar-refractivity contribution in [3.63, 3.8) is 0 Å². The number of carboxylic acids is 2. The maximum absolute atomic E-state index is 10.8. The Balaban J connectivity index is 3.13. The van der Waals surface area contributed by atoms with Crippen molar-refractivity contribution in [1.82, 2.24) is 0 Å². The largest absolute Gasteiger partial charge is 0.502 e. The molecule has 0 aliphatic rings. The first-order valence-electron chi connectivity index (χ1n) is 5.30. The van der Waals surface area contributed by atoms with Crippen LogP contribution in [-0.2, 0) is 16.0 Å². The summed E-state index contributed by atoms with van der Waals surface area (Å²) in [5.74, 6) is -4.49. The lowest BCUT2D eigenvalue weighted by Gasteiger charge is -2.12. The van der Waals surface area contributed by atoms with Gasteiger partial charge in [0.2, 0.25) is 5.75 Å². The highest BCUT2D eigenvalue weighted by Crippen LogP contribution is 2.37. The van der Waals surface area contributed by atoms with Crippen LogP contribution in [-0.4, -0.2) is 41.5 Å². The van der Waals surface area contributed by atoms with Gasteiger partial charge in [0.15, 0.2) is 17.4 Å². The minimum absolute atomic E-state index is 0.0869. The standard InChI is InChI=1S/C12H14O7/c1-18-8-4-6(5-9(19-2)10(8)13)3-7(11(14)15)12(16)17/h4-5,7,13H,3H2,1-2H3,(H,14,15)(H,16,17). The highest BCUT2D eigenvalue weighted by Gasteiger charge is 2.27. The Morgan fingerprint density at radius 2 is 1.53 bits per heavy atom. The monoisotopic (exact) mass is 270 g/mol. The SMILES string of the molecule is COc1cc(CC(C(=O)O)C(=O)O)cc(OC)c1O. The minimum atomic E-state index is -1.57. The maximum atomic E-state index is 10.8. The van der Waals surface area contributed by atoms with Crippen molar-refractivity contribution in [3.05, 3.63) is 17.7 Å². The molecule has 1 rings (SSSR count). The zero-order valence-electron chi connectivity index (χ0n) is 10.4. The van der Waals surface area contributed by atoms with Crippen LogP contribution in [0.2, 0.25) is 0 Å². The fourth-order valence-electron chi connectivity index (χ4n) is 1.58. The predicted octanol–water partition coefficient (Wildman–Crippen LogP) is 0.737. The number of aromatic hydroxyl groups is 1. The van der Waals surface area contributed by atoms with E-state index in [0.717, 1.165) is 0 Å². The third-order valence-electron chi connectivity index (χ3n) is 2.58. The molecule has 7 heteroatoms. The molecule has 1 aromatic carbocycles. The Bertz CT molecular complexity index is 456. The van der Waals surface area contributed by atoms with Gasteiger partial charge in [0.1, 0.15) is 0 Å². The molecule has 0 aliphatic heterocycles. The second kappa shape index (κ2) is 5.94. The van der Waals surface area contributed by atoms with Crippen LogP contribution in [0.1, 0.15) is 5.56 Å². The van der Waals surface area contributed by atoms with E-state index < -0.39 is 17.9 Å². The zero-order valence-corrected chi connectivity index (χ0v) is 10.4. The molecule has 0 aliphatic carbocycles. The molecule has 19 heavy (non-hydrogen) atoms. The number of phenolic OH excluding ortho intramolecular Hbond substituents is 1. The van der Waals surface area contributed by atoms with Gasteiger partial charge in [-0.15, -0.1) is 0 Å². The van der Waals surface area contributed by atoms with Gasteiger partial charge in [-0.25, -0.2) is 0 Å². The predicted molar refractivity (Wildman–Crippen MR) is 63.7 cm³/mol. The highest BCUT2D eigenvalue weighted by atomic mass is 16.5. The van der Waals surface area contributed by atoms with Gasteiger partial charge in [0.25, 0.3) is 0 Å². The highest BCUT2D eigenvalue weighted by molar-refractivity contribution is 5.93. The van der Waals surface area contributed by atoms with Gasteiger partial charge in [-0.3, -0.25) is 9.59 Å². The van der Waals surface area contributed by atoms with Crippen LogP contribution in [0.5, 0.6) is 17.2 Å². The second-order valence-corrected chi connectivity index (χ2v) is 3.78.